The highest BCUT2D eigenvalue weighted by atomic mass is 19.4. The lowest BCUT2D eigenvalue weighted by Gasteiger charge is -2.38. The summed E-state index contributed by atoms with van der Waals surface area (Å²) in [6.07, 6.45) is -0.877. The van der Waals surface area contributed by atoms with Crippen LogP contribution in [0.15, 0.2) is 18.3 Å². The molecule has 0 unspecified atom stereocenters. The number of aliphatic hydroxyl groups excluding tert-OH is 1. The molecule has 106 valence electrons. The summed E-state index contributed by atoms with van der Waals surface area (Å²) in [4.78, 5) is 3.49. The lowest BCUT2D eigenvalue weighted by molar-refractivity contribution is -0.141. The van der Waals surface area contributed by atoms with E-state index in [2.05, 4.69) is 4.98 Å². The maximum atomic E-state index is 12.5. The van der Waals surface area contributed by atoms with Crippen molar-refractivity contribution < 1.29 is 18.3 Å². The van der Waals surface area contributed by atoms with Crippen LogP contribution in [-0.4, -0.2) is 22.7 Å². The SMILES string of the molecule is NCC1(c2ccc(C(F)(F)F)nc2)CCC(O)CC1. The van der Waals surface area contributed by atoms with Gasteiger partial charge in [0.15, 0.2) is 0 Å². The molecule has 1 aliphatic carbocycles. The van der Waals surface area contributed by atoms with Crippen molar-refractivity contribution in [1.82, 2.24) is 4.98 Å². The van der Waals surface area contributed by atoms with Crippen LogP contribution in [0, 0.1) is 0 Å². The van der Waals surface area contributed by atoms with Gasteiger partial charge < -0.3 is 10.8 Å². The lowest BCUT2D eigenvalue weighted by atomic mass is 9.69. The highest BCUT2D eigenvalue weighted by Crippen LogP contribution is 2.39. The third kappa shape index (κ3) is 2.90. The Kier molecular flexibility index (Phi) is 3.82. The zero-order valence-corrected chi connectivity index (χ0v) is 10.5. The molecule has 1 aromatic heterocycles. The van der Waals surface area contributed by atoms with E-state index < -0.39 is 11.9 Å². The van der Waals surface area contributed by atoms with Crippen LogP contribution in [0.2, 0.25) is 0 Å². The fourth-order valence-corrected chi connectivity index (χ4v) is 2.64. The van der Waals surface area contributed by atoms with Gasteiger partial charge in [-0.2, -0.15) is 13.2 Å². The molecule has 1 aliphatic rings. The van der Waals surface area contributed by atoms with Gasteiger partial charge in [-0.1, -0.05) is 6.07 Å². The molecule has 0 atom stereocenters. The normalized spacial score (nSPS) is 28.4. The molecule has 0 amide bonds. The lowest BCUT2D eigenvalue weighted by Crippen LogP contribution is -2.40. The molecule has 1 aromatic rings. The van der Waals surface area contributed by atoms with Gasteiger partial charge in [0.1, 0.15) is 5.69 Å². The van der Waals surface area contributed by atoms with Crippen molar-refractivity contribution in [3.63, 3.8) is 0 Å². The van der Waals surface area contributed by atoms with Crippen molar-refractivity contribution in [1.29, 1.82) is 0 Å². The van der Waals surface area contributed by atoms with Crippen LogP contribution in [0.5, 0.6) is 0 Å². The Hall–Kier alpha value is -1.14. The summed E-state index contributed by atoms with van der Waals surface area (Å²) in [5, 5.41) is 9.53. The minimum Gasteiger partial charge on any atom is -0.393 e. The van der Waals surface area contributed by atoms with Crippen LogP contribution >= 0.6 is 0 Å². The molecule has 2 rings (SSSR count). The van der Waals surface area contributed by atoms with Gasteiger partial charge in [0.2, 0.25) is 0 Å². The zero-order chi connectivity index (χ0) is 14.1. The Labute approximate surface area is 109 Å². The van der Waals surface area contributed by atoms with Crippen molar-refractivity contribution in [3.05, 3.63) is 29.6 Å². The number of aromatic nitrogens is 1. The van der Waals surface area contributed by atoms with Gasteiger partial charge in [-0.3, -0.25) is 4.98 Å². The average Bonchev–Trinajstić information content (AvgIpc) is 2.39. The first kappa shape index (κ1) is 14.3. The molecule has 6 heteroatoms. The zero-order valence-electron chi connectivity index (χ0n) is 10.5. The maximum Gasteiger partial charge on any atom is 0.433 e. The van der Waals surface area contributed by atoms with E-state index in [-0.39, 0.29) is 11.5 Å². The van der Waals surface area contributed by atoms with Crippen LogP contribution < -0.4 is 5.73 Å². The van der Waals surface area contributed by atoms with Crippen LogP contribution in [0.1, 0.15) is 36.9 Å². The van der Waals surface area contributed by atoms with Crippen molar-refractivity contribution >= 4 is 0 Å². The van der Waals surface area contributed by atoms with Crippen molar-refractivity contribution in [2.45, 2.75) is 43.4 Å². The number of hydrogen-bond acceptors (Lipinski definition) is 3. The van der Waals surface area contributed by atoms with E-state index in [9.17, 15) is 18.3 Å². The molecule has 19 heavy (non-hydrogen) atoms. The number of nitrogens with two attached hydrogens (primary N) is 1. The number of alkyl halides is 3. The first-order chi connectivity index (χ1) is 8.87. The van der Waals surface area contributed by atoms with Gasteiger partial charge in [-0.15, -0.1) is 0 Å². The predicted molar refractivity (Wildman–Crippen MR) is 64.4 cm³/mol. The van der Waals surface area contributed by atoms with E-state index in [0.717, 1.165) is 11.6 Å². The Morgan fingerprint density at radius 3 is 2.37 bits per heavy atom. The molecule has 3 N–H and O–H groups in total. The van der Waals surface area contributed by atoms with Crippen molar-refractivity contribution in [3.8, 4) is 0 Å². The predicted octanol–water partition coefficient (Wildman–Crippen LogP) is 2.23. The van der Waals surface area contributed by atoms with E-state index >= 15 is 0 Å². The summed E-state index contributed by atoms with van der Waals surface area (Å²) in [5.41, 5.74) is 5.30. The fraction of sp³-hybridized carbons (Fsp3) is 0.615. The standard InChI is InChI=1S/C13H17F3N2O/c14-13(15,16)11-2-1-9(7-18-11)12(8-17)5-3-10(19)4-6-12/h1-2,7,10,19H,3-6,8,17H2. The highest BCUT2D eigenvalue weighted by molar-refractivity contribution is 5.26. The summed E-state index contributed by atoms with van der Waals surface area (Å²) >= 11 is 0. The third-order valence-electron chi connectivity index (χ3n) is 3.97. The molecule has 1 saturated carbocycles. The molecule has 0 bridgehead atoms. The minimum atomic E-state index is -4.42. The number of rotatable bonds is 2. The monoisotopic (exact) mass is 274 g/mol. The first-order valence-electron chi connectivity index (χ1n) is 6.29. The smallest absolute Gasteiger partial charge is 0.393 e. The minimum absolute atomic E-state index is 0.331. The molecule has 3 nitrogen and oxygen atoms in total. The largest absolute Gasteiger partial charge is 0.433 e. The summed E-state index contributed by atoms with van der Waals surface area (Å²) in [5.74, 6) is 0. The van der Waals surface area contributed by atoms with E-state index in [1.165, 1.54) is 12.3 Å². The Morgan fingerprint density at radius 1 is 1.32 bits per heavy atom. The molecule has 0 aliphatic heterocycles. The van der Waals surface area contributed by atoms with Crippen molar-refractivity contribution in [2.75, 3.05) is 6.54 Å². The van der Waals surface area contributed by atoms with Gasteiger partial charge in [-0.25, -0.2) is 0 Å². The van der Waals surface area contributed by atoms with E-state index in [0.29, 0.717) is 32.2 Å². The summed E-state index contributed by atoms with van der Waals surface area (Å²) in [6, 6.07) is 2.46. The van der Waals surface area contributed by atoms with E-state index in [4.69, 9.17) is 5.73 Å². The van der Waals surface area contributed by atoms with Crippen LogP contribution in [-0.2, 0) is 11.6 Å². The summed E-state index contributed by atoms with van der Waals surface area (Å²) < 4.78 is 37.4. The van der Waals surface area contributed by atoms with Gasteiger partial charge in [0.25, 0.3) is 0 Å². The number of nitrogens with zero attached hydrogens (tertiary/aromatic N) is 1. The van der Waals surface area contributed by atoms with Crippen LogP contribution in [0.25, 0.3) is 0 Å². The van der Waals surface area contributed by atoms with Crippen molar-refractivity contribution in [2.24, 2.45) is 5.73 Å². The quantitative estimate of drug-likeness (QED) is 0.869. The molecule has 0 radical (unpaired) electrons. The average molecular weight is 274 g/mol. The van der Waals surface area contributed by atoms with Gasteiger partial charge in [-0.05, 0) is 37.3 Å². The molecule has 0 saturated heterocycles. The van der Waals surface area contributed by atoms with Crippen LogP contribution in [0.3, 0.4) is 0 Å². The van der Waals surface area contributed by atoms with E-state index in [1.807, 2.05) is 0 Å². The number of aliphatic hydroxyl groups is 1. The number of hydrogen-bond donors (Lipinski definition) is 2. The summed E-state index contributed by atoms with van der Waals surface area (Å²) in [7, 11) is 0. The second kappa shape index (κ2) is 5.09. The van der Waals surface area contributed by atoms with Gasteiger partial charge >= 0.3 is 6.18 Å². The molecular formula is C13H17F3N2O. The second-order valence-electron chi connectivity index (χ2n) is 5.15. The summed E-state index contributed by atoms with van der Waals surface area (Å²) in [6.45, 7) is 0.354. The van der Waals surface area contributed by atoms with Gasteiger partial charge in [0, 0.05) is 18.2 Å². The molecule has 1 fully saturated rings. The Bertz CT molecular complexity index is 423. The number of pyridine rings is 1. The molecule has 0 spiro atoms. The topological polar surface area (TPSA) is 59.1 Å². The van der Waals surface area contributed by atoms with E-state index in [1.54, 1.807) is 0 Å². The molecule has 1 heterocycles. The van der Waals surface area contributed by atoms with Crippen LogP contribution in [0.4, 0.5) is 13.2 Å². The first-order valence-corrected chi connectivity index (χ1v) is 6.29. The second-order valence-corrected chi connectivity index (χ2v) is 5.15. The Balaban J connectivity index is 2.25. The third-order valence-corrected chi connectivity index (χ3v) is 3.97. The van der Waals surface area contributed by atoms with Gasteiger partial charge in [0.05, 0.1) is 6.10 Å². The highest BCUT2D eigenvalue weighted by Gasteiger charge is 2.37. The fourth-order valence-electron chi connectivity index (χ4n) is 2.64. The molecule has 0 aromatic carbocycles. The number of halogens is 3. The molecular weight excluding hydrogens is 257 g/mol. The maximum absolute atomic E-state index is 12.5. The Morgan fingerprint density at radius 2 is 1.95 bits per heavy atom.